The van der Waals surface area contributed by atoms with Crippen LogP contribution in [0.25, 0.3) is 0 Å². The van der Waals surface area contributed by atoms with Gasteiger partial charge in [-0.1, -0.05) is 6.92 Å². The highest BCUT2D eigenvalue weighted by atomic mass is 16.5. The van der Waals surface area contributed by atoms with E-state index in [9.17, 15) is 0 Å². The van der Waals surface area contributed by atoms with E-state index in [-0.39, 0.29) is 0 Å². The van der Waals surface area contributed by atoms with Gasteiger partial charge in [-0.25, -0.2) is 0 Å². The summed E-state index contributed by atoms with van der Waals surface area (Å²) in [5.41, 5.74) is 0.367. The van der Waals surface area contributed by atoms with Crippen LogP contribution in [0.2, 0.25) is 0 Å². The van der Waals surface area contributed by atoms with Crippen LogP contribution in [-0.4, -0.2) is 75.9 Å². The molecule has 0 amide bonds. The van der Waals surface area contributed by atoms with Crippen LogP contribution in [0.3, 0.4) is 0 Å². The topological polar surface area (TPSA) is 27.7 Å². The third-order valence-electron chi connectivity index (χ3n) is 4.09. The Balaban J connectivity index is 1.84. The summed E-state index contributed by atoms with van der Waals surface area (Å²) in [5, 5.41) is 3.51. The van der Waals surface area contributed by atoms with Crippen molar-refractivity contribution in [2.24, 2.45) is 5.41 Å². The molecule has 1 N–H and O–H groups in total. The predicted molar refractivity (Wildman–Crippen MR) is 70.3 cm³/mol. The Morgan fingerprint density at radius 3 is 2.59 bits per heavy atom. The fraction of sp³-hybridized carbons (Fsp3) is 1.00. The second-order valence-electron chi connectivity index (χ2n) is 5.66. The smallest absolute Gasteiger partial charge is 0.0547 e. The summed E-state index contributed by atoms with van der Waals surface area (Å²) in [6.45, 7) is 12.3. The third kappa shape index (κ3) is 3.65. The van der Waals surface area contributed by atoms with Crippen molar-refractivity contribution >= 4 is 0 Å². The molecule has 0 saturated carbocycles. The molecule has 0 bridgehead atoms. The number of ether oxygens (including phenoxy) is 1. The first-order chi connectivity index (χ1) is 8.24. The van der Waals surface area contributed by atoms with E-state index in [0.717, 1.165) is 26.3 Å². The van der Waals surface area contributed by atoms with E-state index in [2.05, 4.69) is 29.1 Å². The second kappa shape index (κ2) is 6.14. The van der Waals surface area contributed by atoms with E-state index in [1.54, 1.807) is 0 Å². The predicted octanol–water partition coefficient (Wildman–Crippen LogP) is 0.250. The van der Waals surface area contributed by atoms with E-state index in [1.807, 2.05) is 0 Å². The van der Waals surface area contributed by atoms with E-state index in [4.69, 9.17) is 4.74 Å². The van der Waals surface area contributed by atoms with Crippen LogP contribution < -0.4 is 5.32 Å². The summed E-state index contributed by atoms with van der Waals surface area (Å²) in [7, 11) is 2.21. The van der Waals surface area contributed by atoms with Gasteiger partial charge < -0.3 is 19.9 Å². The number of nitrogens with zero attached hydrogens (tertiary/aromatic N) is 2. The summed E-state index contributed by atoms with van der Waals surface area (Å²) in [6.07, 6.45) is 1.21. The summed E-state index contributed by atoms with van der Waals surface area (Å²) in [5.74, 6) is 0. The molecule has 0 aromatic rings. The molecule has 17 heavy (non-hydrogen) atoms. The molecule has 0 aliphatic carbocycles. The number of piperazine rings is 1. The monoisotopic (exact) mass is 241 g/mol. The maximum Gasteiger partial charge on any atom is 0.0547 e. The van der Waals surface area contributed by atoms with Crippen LogP contribution in [0, 0.1) is 5.41 Å². The van der Waals surface area contributed by atoms with Gasteiger partial charge in [-0.3, -0.25) is 0 Å². The quantitative estimate of drug-likeness (QED) is 0.747. The molecule has 2 heterocycles. The van der Waals surface area contributed by atoms with Gasteiger partial charge >= 0.3 is 0 Å². The van der Waals surface area contributed by atoms with E-state index < -0.39 is 0 Å². The van der Waals surface area contributed by atoms with Crippen molar-refractivity contribution in [1.29, 1.82) is 0 Å². The van der Waals surface area contributed by atoms with Crippen molar-refractivity contribution in [2.45, 2.75) is 13.3 Å². The van der Waals surface area contributed by atoms with Crippen LogP contribution in [0.1, 0.15) is 13.3 Å². The average Bonchev–Trinajstić information content (AvgIpc) is 2.79. The first kappa shape index (κ1) is 13.3. The maximum atomic E-state index is 5.64. The molecule has 100 valence electrons. The number of hydrogen-bond acceptors (Lipinski definition) is 4. The molecule has 2 rings (SSSR count). The molecule has 0 aromatic heterocycles. The molecular weight excluding hydrogens is 214 g/mol. The van der Waals surface area contributed by atoms with Gasteiger partial charge in [0.2, 0.25) is 0 Å². The summed E-state index contributed by atoms with van der Waals surface area (Å²) >= 11 is 0. The lowest BCUT2D eigenvalue weighted by atomic mass is 9.86. The number of likely N-dealkylation sites (N-methyl/N-ethyl adjacent to an activating group) is 1. The number of hydrogen-bond donors (Lipinski definition) is 1. The van der Waals surface area contributed by atoms with Gasteiger partial charge in [0.1, 0.15) is 0 Å². The molecule has 0 radical (unpaired) electrons. The van der Waals surface area contributed by atoms with Gasteiger partial charge in [0.05, 0.1) is 6.61 Å². The zero-order chi connectivity index (χ0) is 12.1. The van der Waals surface area contributed by atoms with Crippen molar-refractivity contribution in [3.05, 3.63) is 0 Å². The standard InChI is InChI=1S/C13H27N3O/c1-3-14-10-13(4-9-17-12-13)11-16-7-5-15(2)6-8-16/h14H,3-12H2,1-2H3. The van der Waals surface area contributed by atoms with Gasteiger partial charge in [-0.15, -0.1) is 0 Å². The minimum atomic E-state index is 0.367. The lowest BCUT2D eigenvalue weighted by molar-refractivity contribution is 0.0791. The average molecular weight is 241 g/mol. The van der Waals surface area contributed by atoms with Crippen LogP contribution in [0.15, 0.2) is 0 Å². The van der Waals surface area contributed by atoms with Crippen LogP contribution in [-0.2, 0) is 4.74 Å². The van der Waals surface area contributed by atoms with Gasteiger partial charge in [0.25, 0.3) is 0 Å². The Kier molecular flexibility index (Phi) is 4.79. The molecule has 0 aromatic carbocycles. The Morgan fingerprint density at radius 1 is 1.24 bits per heavy atom. The molecule has 1 atom stereocenters. The minimum absolute atomic E-state index is 0.367. The van der Waals surface area contributed by atoms with Gasteiger partial charge in [0, 0.05) is 51.3 Å². The first-order valence-electron chi connectivity index (χ1n) is 6.93. The molecule has 2 aliphatic rings. The fourth-order valence-electron chi connectivity index (χ4n) is 2.84. The minimum Gasteiger partial charge on any atom is -0.381 e. The molecule has 2 saturated heterocycles. The third-order valence-corrected chi connectivity index (χ3v) is 4.09. The molecule has 0 spiro atoms. The van der Waals surface area contributed by atoms with Crippen molar-refractivity contribution in [1.82, 2.24) is 15.1 Å². The van der Waals surface area contributed by atoms with Crippen LogP contribution >= 0.6 is 0 Å². The van der Waals surface area contributed by atoms with Crippen molar-refractivity contribution in [3.63, 3.8) is 0 Å². The highest BCUT2D eigenvalue weighted by molar-refractivity contribution is 4.89. The normalized spacial score (nSPS) is 32.1. The lowest BCUT2D eigenvalue weighted by Gasteiger charge is -2.38. The van der Waals surface area contributed by atoms with Gasteiger partial charge in [-0.2, -0.15) is 0 Å². The van der Waals surface area contributed by atoms with Crippen molar-refractivity contribution < 1.29 is 4.74 Å². The summed E-state index contributed by atoms with van der Waals surface area (Å²) in [6, 6.07) is 0. The molecule has 2 aliphatic heterocycles. The van der Waals surface area contributed by atoms with E-state index >= 15 is 0 Å². The van der Waals surface area contributed by atoms with Crippen molar-refractivity contribution in [2.75, 3.05) is 66.1 Å². The number of nitrogens with one attached hydrogen (secondary N) is 1. The number of rotatable bonds is 5. The molecule has 2 fully saturated rings. The summed E-state index contributed by atoms with van der Waals surface area (Å²) < 4.78 is 5.64. The summed E-state index contributed by atoms with van der Waals surface area (Å²) in [4.78, 5) is 5.03. The molecule has 4 nitrogen and oxygen atoms in total. The van der Waals surface area contributed by atoms with E-state index in [1.165, 1.54) is 39.1 Å². The highest BCUT2D eigenvalue weighted by Crippen LogP contribution is 2.29. The lowest BCUT2D eigenvalue weighted by Crippen LogP contribution is -2.51. The Hall–Kier alpha value is -0.160. The second-order valence-corrected chi connectivity index (χ2v) is 5.66. The largest absolute Gasteiger partial charge is 0.381 e. The zero-order valence-corrected chi connectivity index (χ0v) is 11.4. The Morgan fingerprint density at radius 2 is 2.00 bits per heavy atom. The van der Waals surface area contributed by atoms with Gasteiger partial charge in [0.15, 0.2) is 0 Å². The highest BCUT2D eigenvalue weighted by Gasteiger charge is 2.36. The zero-order valence-electron chi connectivity index (χ0n) is 11.4. The van der Waals surface area contributed by atoms with E-state index in [0.29, 0.717) is 5.41 Å². The van der Waals surface area contributed by atoms with Crippen LogP contribution in [0.5, 0.6) is 0 Å². The molecule has 1 unspecified atom stereocenters. The van der Waals surface area contributed by atoms with Gasteiger partial charge in [-0.05, 0) is 20.0 Å². The first-order valence-corrected chi connectivity index (χ1v) is 6.93. The Bertz CT molecular complexity index is 221. The Labute approximate surface area is 105 Å². The van der Waals surface area contributed by atoms with Crippen LogP contribution in [0.4, 0.5) is 0 Å². The fourth-order valence-corrected chi connectivity index (χ4v) is 2.84. The van der Waals surface area contributed by atoms with Crippen molar-refractivity contribution in [3.8, 4) is 0 Å². The molecule has 4 heteroatoms. The molecular formula is C13H27N3O. The maximum absolute atomic E-state index is 5.64. The SMILES string of the molecule is CCNCC1(CN2CCN(C)CC2)CCOC1.